The first kappa shape index (κ1) is 22.3. The van der Waals surface area contributed by atoms with Crippen molar-refractivity contribution in [3.05, 3.63) is 34.4 Å². The second-order valence-electron chi connectivity index (χ2n) is 7.37. The lowest BCUT2D eigenvalue weighted by Crippen LogP contribution is -2.43. The molecule has 0 aliphatic carbocycles. The predicted molar refractivity (Wildman–Crippen MR) is 111 cm³/mol. The number of aromatic nitrogens is 4. The van der Waals surface area contributed by atoms with Crippen LogP contribution in [0.5, 0.6) is 0 Å². The van der Waals surface area contributed by atoms with E-state index in [-0.39, 0.29) is 24.6 Å². The number of nitrogens with zero attached hydrogens (tertiary/aromatic N) is 5. The quantitative estimate of drug-likeness (QED) is 0.659. The maximum atomic E-state index is 12.4. The molecule has 10 nitrogen and oxygen atoms in total. The van der Waals surface area contributed by atoms with Gasteiger partial charge in [0.1, 0.15) is 0 Å². The van der Waals surface area contributed by atoms with Gasteiger partial charge in [0, 0.05) is 42.3 Å². The minimum Gasteiger partial charge on any atom is -0.379 e. The van der Waals surface area contributed by atoms with Crippen molar-refractivity contribution in [2.45, 2.75) is 34.1 Å². The zero-order valence-electron chi connectivity index (χ0n) is 17.8. The predicted octanol–water partition coefficient (Wildman–Crippen LogP) is 0.217. The van der Waals surface area contributed by atoms with Gasteiger partial charge in [0.25, 0.3) is 5.95 Å². The smallest absolute Gasteiger partial charge is 0.251 e. The second kappa shape index (κ2) is 9.19. The summed E-state index contributed by atoms with van der Waals surface area (Å²) in [6.07, 6.45) is 0.111. The Bertz CT molecular complexity index is 1010. The molecule has 0 bridgehead atoms. The summed E-state index contributed by atoms with van der Waals surface area (Å²) < 4.78 is 32.9. The second-order valence-corrected chi connectivity index (χ2v) is 9.45. The summed E-state index contributed by atoms with van der Waals surface area (Å²) in [5.74, 6) is 0.0856. The van der Waals surface area contributed by atoms with Crippen molar-refractivity contribution in [1.29, 1.82) is 0 Å². The molecule has 0 saturated carbocycles. The molecule has 1 aliphatic rings. The van der Waals surface area contributed by atoms with Gasteiger partial charge in [-0.25, -0.2) is 23.1 Å². The zero-order chi connectivity index (χ0) is 21.9. The Labute approximate surface area is 176 Å². The number of rotatable bonds is 7. The first-order valence-corrected chi connectivity index (χ1v) is 11.5. The van der Waals surface area contributed by atoms with Crippen molar-refractivity contribution < 1.29 is 17.9 Å². The number of ether oxygens (including phenoxy) is 1. The Balaban J connectivity index is 1.62. The molecule has 2 aromatic heterocycles. The molecule has 2 aromatic rings. The number of aryl methyl sites for hydroxylation is 3. The van der Waals surface area contributed by atoms with Gasteiger partial charge in [-0.1, -0.05) is 0 Å². The molecule has 11 heteroatoms. The number of amides is 1. The van der Waals surface area contributed by atoms with Crippen LogP contribution in [-0.2, 0) is 26.0 Å². The third-order valence-electron chi connectivity index (χ3n) is 4.98. The highest BCUT2D eigenvalue weighted by Crippen LogP contribution is 2.17. The van der Waals surface area contributed by atoms with E-state index in [1.807, 2.05) is 33.8 Å². The van der Waals surface area contributed by atoms with Crippen molar-refractivity contribution in [3.63, 3.8) is 0 Å². The average Bonchev–Trinajstić information content (AvgIpc) is 2.96. The monoisotopic (exact) mass is 436 g/mol. The van der Waals surface area contributed by atoms with Gasteiger partial charge in [-0.2, -0.15) is 9.40 Å². The van der Waals surface area contributed by atoms with Crippen molar-refractivity contribution in [3.8, 4) is 5.95 Å². The zero-order valence-corrected chi connectivity index (χ0v) is 18.6. The van der Waals surface area contributed by atoms with Gasteiger partial charge in [0.05, 0.1) is 31.1 Å². The van der Waals surface area contributed by atoms with E-state index in [9.17, 15) is 13.2 Å². The van der Waals surface area contributed by atoms with E-state index in [1.165, 1.54) is 4.31 Å². The Morgan fingerprint density at radius 1 is 1.13 bits per heavy atom. The van der Waals surface area contributed by atoms with Crippen LogP contribution in [0, 0.1) is 27.7 Å². The van der Waals surface area contributed by atoms with Gasteiger partial charge < -0.3 is 10.1 Å². The van der Waals surface area contributed by atoms with Crippen LogP contribution in [0.4, 0.5) is 0 Å². The van der Waals surface area contributed by atoms with Crippen LogP contribution in [0.2, 0.25) is 0 Å². The topological polar surface area (TPSA) is 119 Å². The van der Waals surface area contributed by atoms with Crippen molar-refractivity contribution in [2.75, 3.05) is 38.6 Å². The summed E-state index contributed by atoms with van der Waals surface area (Å²) in [6.45, 7) is 9.06. The highest BCUT2D eigenvalue weighted by atomic mass is 32.2. The van der Waals surface area contributed by atoms with E-state index in [4.69, 9.17) is 4.74 Å². The molecule has 0 aromatic carbocycles. The first-order chi connectivity index (χ1) is 14.2. The SMILES string of the molecule is Cc1cc(C)nc(-n2nc(C)c(CC(=O)NCCS(=O)(=O)N3CCOCC3)c2C)n1. The first-order valence-electron chi connectivity index (χ1n) is 9.87. The summed E-state index contributed by atoms with van der Waals surface area (Å²) in [6, 6.07) is 1.88. The van der Waals surface area contributed by atoms with E-state index in [0.29, 0.717) is 37.9 Å². The summed E-state index contributed by atoms with van der Waals surface area (Å²) in [5.41, 5.74) is 3.96. The number of hydrogen-bond acceptors (Lipinski definition) is 7. The lowest BCUT2D eigenvalue weighted by molar-refractivity contribution is -0.120. The molecule has 0 unspecified atom stereocenters. The molecule has 0 radical (unpaired) electrons. The van der Waals surface area contributed by atoms with Gasteiger partial charge in [0.2, 0.25) is 15.9 Å². The fourth-order valence-corrected chi connectivity index (χ4v) is 4.75. The van der Waals surface area contributed by atoms with E-state index in [0.717, 1.165) is 22.6 Å². The van der Waals surface area contributed by atoms with Crippen LogP contribution < -0.4 is 5.32 Å². The van der Waals surface area contributed by atoms with Gasteiger partial charge in [0.15, 0.2) is 0 Å². The van der Waals surface area contributed by atoms with E-state index in [1.54, 1.807) is 4.68 Å². The molecule has 1 amide bonds. The maximum Gasteiger partial charge on any atom is 0.251 e. The Hall–Kier alpha value is -2.37. The Morgan fingerprint density at radius 2 is 1.77 bits per heavy atom. The summed E-state index contributed by atoms with van der Waals surface area (Å²) >= 11 is 0. The molecule has 164 valence electrons. The molecule has 0 atom stereocenters. The van der Waals surface area contributed by atoms with Crippen molar-refractivity contribution in [1.82, 2.24) is 29.4 Å². The van der Waals surface area contributed by atoms with Crippen LogP contribution in [-0.4, -0.2) is 77.0 Å². The fourth-order valence-electron chi connectivity index (χ4n) is 3.42. The van der Waals surface area contributed by atoms with Crippen LogP contribution in [0.15, 0.2) is 6.07 Å². The summed E-state index contributed by atoms with van der Waals surface area (Å²) in [5, 5.41) is 7.20. The molecule has 3 rings (SSSR count). The Morgan fingerprint density at radius 3 is 2.40 bits per heavy atom. The number of morpholine rings is 1. The molecular weight excluding hydrogens is 408 g/mol. The fraction of sp³-hybridized carbons (Fsp3) is 0.579. The largest absolute Gasteiger partial charge is 0.379 e. The molecular formula is C19H28N6O4S. The minimum absolute atomic E-state index is 0.0605. The normalized spacial score (nSPS) is 15.3. The summed E-state index contributed by atoms with van der Waals surface area (Å²) in [4.78, 5) is 21.3. The number of nitrogens with one attached hydrogen (secondary N) is 1. The van der Waals surface area contributed by atoms with Crippen molar-refractivity contribution >= 4 is 15.9 Å². The molecule has 1 aliphatic heterocycles. The van der Waals surface area contributed by atoms with Crippen LogP contribution in [0.25, 0.3) is 5.95 Å². The molecule has 1 N–H and O–H groups in total. The number of carbonyl (C=O) groups excluding carboxylic acids is 1. The number of sulfonamides is 1. The van der Waals surface area contributed by atoms with Crippen molar-refractivity contribution in [2.24, 2.45) is 0 Å². The molecule has 1 saturated heterocycles. The standard InChI is InChI=1S/C19H28N6O4S/c1-13-11-14(2)22-19(21-13)25-16(4)17(15(3)23-25)12-18(26)20-5-10-30(27,28)24-6-8-29-9-7-24/h11H,5-10,12H2,1-4H3,(H,20,26). The van der Waals surface area contributed by atoms with E-state index >= 15 is 0 Å². The van der Waals surface area contributed by atoms with Crippen LogP contribution in [0.3, 0.4) is 0 Å². The third kappa shape index (κ3) is 5.21. The lowest BCUT2D eigenvalue weighted by Gasteiger charge is -2.26. The van der Waals surface area contributed by atoms with Gasteiger partial charge in [-0.05, 0) is 33.8 Å². The number of carbonyl (C=O) groups is 1. The highest BCUT2D eigenvalue weighted by Gasteiger charge is 2.24. The average molecular weight is 437 g/mol. The number of hydrogen-bond donors (Lipinski definition) is 1. The van der Waals surface area contributed by atoms with Crippen LogP contribution in [0.1, 0.15) is 28.3 Å². The maximum absolute atomic E-state index is 12.4. The third-order valence-corrected chi connectivity index (χ3v) is 6.86. The highest BCUT2D eigenvalue weighted by molar-refractivity contribution is 7.89. The lowest BCUT2D eigenvalue weighted by atomic mass is 10.1. The van der Waals surface area contributed by atoms with Crippen LogP contribution >= 0.6 is 0 Å². The van der Waals surface area contributed by atoms with Gasteiger partial charge in [-0.3, -0.25) is 4.79 Å². The van der Waals surface area contributed by atoms with E-state index < -0.39 is 10.0 Å². The van der Waals surface area contributed by atoms with Gasteiger partial charge >= 0.3 is 0 Å². The Kier molecular flexibility index (Phi) is 6.84. The molecule has 3 heterocycles. The minimum atomic E-state index is -3.40. The van der Waals surface area contributed by atoms with E-state index in [2.05, 4.69) is 20.4 Å². The molecule has 0 spiro atoms. The van der Waals surface area contributed by atoms with Gasteiger partial charge in [-0.15, -0.1) is 0 Å². The molecule has 30 heavy (non-hydrogen) atoms. The summed E-state index contributed by atoms with van der Waals surface area (Å²) in [7, 11) is -3.40. The molecule has 1 fully saturated rings.